The van der Waals surface area contributed by atoms with Crippen molar-refractivity contribution in [3.8, 4) is 0 Å². The lowest BCUT2D eigenvalue weighted by Gasteiger charge is -2.50. The van der Waals surface area contributed by atoms with Gasteiger partial charge < -0.3 is 14.3 Å². The topological polar surface area (TPSA) is 38.7 Å². The number of methoxy groups -OCH3 is 1. The van der Waals surface area contributed by atoms with Crippen molar-refractivity contribution in [1.82, 2.24) is 0 Å². The Bertz CT molecular complexity index is 484. The molecule has 0 spiro atoms. The molecule has 146 valence electrons. The van der Waals surface area contributed by atoms with Crippen LogP contribution in [0.4, 0.5) is 0 Å². The molecule has 2 aliphatic carbocycles. The minimum absolute atomic E-state index is 0.245. The molecule has 4 atom stereocenters. The molecule has 4 heteroatoms. The summed E-state index contributed by atoms with van der Waals surface area (Å²) in [6.07, 6.45) is 7.81. The van der Waals surface area contributed by atoms with Crippen LogP contribution in [0.15, 0.2) is 11.8 Å². The average Bonchev–Trinajstić information content (AvgIpc) is 2.47. The molecule has 0 heterocycles. The minimum atomic E-state index is -1.76. The van der Waals surface area contributed by atoms with Gasteiger partial charge in [-0.2, -0.15) is 0 Å². The summed E-state index contributed by atoms with van der Waals surface area (Å²) in [5.74, 6) is 1.43. The highest BCUT2D eigenvalue weighted by atomic mass is 28.4. The van der Waals surface area contributed by atoms with Crippen molar-refractivity contribution in [2.24, 2.45) is 17.8 Å². The fourth-order valence-corrected chi connectivity index (χ4v) is 5.82. The third kappa shape index (κ3) is 4.70. The van der Waals surface area contributed by atoms with Gasteiger partial charge >= 0.3 is 0 Å². The van der Waals surface area contributed by atoms with Crippen LogP contribution in [-0.4, -0.2) is 32.2 Å². The zero-order chi connectivity index (χ0) is 19.0. The van der Waals surface area contributed by atoms with E-state index in [1.54, 1.807) is 7.11 Å². The Morgan fingerprint density at radius 3 is 2.24 bits per heavy atom. The predicted octanol–water partition coefficient (Wildman–Crippen LogP) is 5.50. The summed E-state index contributed by atoms with van der Waals surface area (Å²) in [6, 6.07) is 0. The van der Waals surface area contributed by atoms with E-state index < -0.39 is 13.9 Å². The number of hydrogen-bond donors (Lipinski definition) is 1. The molecular formula is C21H40O3Si. The molecule has 0 aromatic heterocycles. The summed E-state index contributed by atoms with van der Waals surface area (Å²) in [5.41, 5.74) is 0.827. The number of ether oxygens (including phenoxy) is 1. The first-order valence-electron chi connectivity index (χ1n) is 9.98. The van der Waals surface area contributed by atoms with E-state index in [0.717, 1.165) is 32.1 Å². The van der Waals surface area contributed by atoms with Crippen molar-refractivity contribution in [2.75, 3.05) is 7.11 Å². The van der Waals surface area contributed by atoms with Crippen LogP contribution in [0.1, 0.15) is 66.7 Å². The van der Waals surface area contributed by atoms with Gasteiger partial charge in [0, 0.05) is 6.10 Å². The number of allylic oxidation sites excluding steroid dienone is 1. The molecule has 0 aromatic rings. The largest absolute Gasteiger partial charge is 0.504 e. The molecule has 1 N–H and O–H groups in total. The van der Waals surface area contributed by atoms with Gasteiger partial charge in [-0.25, -0.2) is 0 Å². The predicted molar refractivity (Wildman–Crippen MR) is 107 cm³/mol. The Balaban J connectivity index is 2.21. The second-order valence-electron chi connectivity index (χ2n) is 10.3. The maximum Gasteiger partial charge on any atom is 0.192 e. The molecule has 2 fully saturated rings. The second-order valence-corrected chi connectivity index (χ2v) is 15.1. The summed E-state index contributed by atoms with van der Waals surface area (Å²) in [6.45, 7) is 15.6. The van der Waals surface area contributed by atoms with Crippen LogP contribution < -0.4 is 0 Å². The molecule has 2 aliphatic rings. The maximum atomic E-state index is 10.5. The Hall–Kier alpha value is -0.323. The molecule has 0 radical (unpaired) electrons. The fraction of sp³-hybridized carbons (Fsp3) is 0.905. The van der Waals surface area contributed by atoms with Crippen molar-refractivity contribution in [1.29, 1.82) is 0 Å². The van der Waals surface area contributed by atoms with Gasteiger partial charge in [0.1, 0.15) is 0 Å². The van der Waals surface area contributed by atoms with Gasteiger partial charge in [-0.1, -0.05) is 20.8 Å². The van der Waals surface area contributed by atoms with Crippen LogP contribution in [0.25, 0.3) is 0 Å². The number of rotatable bonds is 4. The number of fused-ring (bicyclic) bond motifs is 1. The van der Waals surface area contributed by atoms with Crippen LogP contribution in [0.3, 0.4) is 0 Å². The first-order chi connectivity index (χ1) is 11.4. The third-order valence-electron chi connectivity index (χ3n) is 7.10. The van der Waals surface area contributed by atoms with Crippen molar-refractivity contribution < 1.29 is 14.3 Å². The molecular weight excluding hydrogens is 328 g/mol. The summed E-state index contributed by atoms with van der Waals surface area (Å²) < 4.78 is 12.3. The van der Waals surface area contributed by atoms with E-state index in [-0.39, 0.29) is 5.04 Å². The fourth-order valence-electron chi connectivity index (χ4n) is 4.41. The quantitative estimate of drug-likeness (QED) is 0.525. The lowest BCUT2D eigenvalue weighted by atomic mass is 9.62. The van der Waals surface area contributed by atoms with E-state index in [1.807, 2.05) is 20.1 Å². The van der Waals surface area contributed by atoms with Crippen LogP contribution in [-0.2, 0) is 9.16 Å². The van der Waals surface area contributed by atoms with Crippen LogP contribution >= 0.6 is 0 Å². The van der Waals surface area contributed by atoms with Gasteiger partial charge in [0.15, 0.2) is 8.32 Å². The third-order valence-corrected chi connectivity index (χ3v) is 11.6. The number of aliphatic hydroxyl groups is 1. The van der Waals surface area contributed by atoms with E-state index in [0.29, 0.717) is 23.9 Å². The highest BCUT2D eigenvalue weighted by molar-refractivity contribution is 6.74. The summed E-state index contributed by atoms with van der Waals surface area (Å²) >= 11 is 0. The van der Waals surface area contributed by atoms with E-state index in [9.17, 15) is 5.11 Å². The molecule has 3 nitrogen and oxygen atoms in total. The zero-order valence-corrected chi connectivity index (χ0v) is 18.7. The molecule has 0 aromatic carbocycles. The molecule has 2 rings (SSSR count). The van der Waals surface area contributed by atoms with Crippen LogP contribution in [0.5, 0.6) is 0 Å². The monoisotopic (exact) mass is 368 g/mol. The van der Waals surface area contributed by atoms with E-state index in [4.69, 9.17) is 9.16 Å². The van der Waals surface area contributed by atoms with Gasteiger partial charge in [-0.3, -0.25) is 0 Å². The standard InChI is InChI=1S/C21H40O3Si/c1-20(2,3)25(7,8)24-19-12-9-15(14-23-6)18-13-16(21(4,5)22)10-11-17(18)19/h14,16-19,22H,9-13H2,1-8H3/b15-14+/t16-,17+,18+,19-/m1/s1. The van der Waals surface area contributed by atoms with Gasteiger partial charge in [0.05, 0.1) is 19.0 Å². The Kier molecular flexibility index (Phi) is 6.18. The maximum absolute atomic E-state index is 10.5. The zero-order valence-electron chi connectivity index (χ0n) is 17.7. The van der Waals surface area contributed by atoms with Crippen molar-refractivity contribution >= 4 is 8.32 Å². The highest BCUT2D eigenvalue weighted by Gasteiger charge is 2.47. The van der Waals surface area contributed by atoms with Gasteiger partial charge in [0.25, 0.3) is 0 Å². The molecule has 2 saturated carbocycles. The Morgan fingerprint density at radius 2 is 1.72 bits per heavy atom. The second kappa shape index (κ2) is 7.36. The van der Waals surface area contributed by atoms with Crippen LogP contribution in [0.2, 0.25) is 18.1 Å². The van der Waals surface area contributed by atoms with E-state index >= 15 is 0 Å². The summed E-state index contributed by atoms with van der Waals surface area (Å²) in [4.78, 5) is 0. The van der Waals surface area contributed by atoms with Crippen molar-refractivity contribution in [3.05, 3.63) is 11.8 Å². The Labute approximate surface area is 156 Å². The van der Waals surface area contributed by atoms with Gasteiger partial charge in [-0.05, 0) is 87.4 Å². The Morgan fingerprint density at radius 1 is 1.08 bits per heavy atom. The molecule has 0 unspecified atom stereocenters. The van der Waals surface area contributed by atoms with Crippen LogP contribution in [0, 0.1) is 17.8 Å². The van der Waals surface area contributed by atoms with Gasteiger partial charge in [-0.15, -0.1) is 0 Å². The average molecular weight is 369 g/mol. The van der Waals surface area contributed by atoms with Crippen molar-refractivity contribution in [3.63, 3.8) is 0 Å². The van der Waals surface area contributed by atoms with Crippen molar-refractivity contribution in [2.45, 2.75) is 96.6 Å². The summed E-state index contributed by atoms with van der Waals surface area (Å²) in [5, 5.41) is 10.8. The molecule has 25 heavy (non-hydrogen) atoms. The smallest absolute Gasteiger partial charge is 0.192 e. The SMILES string of the molecule is CO/C=C1\CC[C@@H](O[Si](C)(C)C(C)(C)C)[C@H]2CC[C@@H](C(C)(C)O)C[C@@H]12. The summed E-state index contributed by atoms with van der Waals surface area (Å²) in [7, 11) is -0.0163. The van der Waals surface area contributed by atoms with E-state index in [2.05, 4.69) is 33.9 Å². The van der Waals surface area contributed by atoms with E-state index in [1.165, 1.54) is 5.57 Å². The van der Waals surface area contributed by atoms with Gasteiger partial charge in [0.2, 0.25) is 0 Å². The molecule has 0 aliphatic heterocycles. The lowest BCUT2D eigenvalue weighted by Crippen LogP contribution is -2.50. The molecule has 0 saturated heterocycles. The first kappa shape index (κ1) is 21.0. The lowest BCUT2D eigenvalue weighted by molar-refractivity contribution is -0.0422. The minimum Gasteiger partial charge on any atom is -0.504 e. The highest BCUT2D eigenvalue weighted by Crippen LogP contribution is 2.50. The first-order valence-corrected chi connectivity index (χ1v) is 12.9. The number of hydrogen-bond acceptors (Lipinski definition) is 3. The molecule has 0 bridgehead atoms. The normalized spacial score (nSPS) is 33.2. The molecule has 0 amide bonds.